The maximum Gasteiger partial charge on any atom is 0.358 e. The lowest BCUT2D eigenvalue weighted by molar-refractivity contribution is 0.0690. The lowest BCUT2D eigenvalue weighted by atomic mass is 10.1. The number of carboxylic acid groups (broad SMARTS) is 1. The van der Waals surface area contributed by atoms with Crippen molar-refractivity contribution in [3.8, 4) is 0 Å². The molecule has 106 valence electrons. The molecule has 2 aromatic heterocycles. The molecule has 0 amide bonds. The van der Waals surface area contributed by atoms with Crippen LogP contribution >= 0.6 is 0 Å². The Hall–Kier alpha value is -2.89. The molecular weight excluding hydrogens is 268 g/mol. The predicted octanol–water partition coefficient (Wildman–Crippen LogP) is 2.07. The van der Waals surface area contributed by atoms with Gasteiger partial charge in [0.1, 0.15) is 0 Å². The first-order chi connectivity index (χ1) is 10.0. The molecule has 0 atom stereocenters. The highest BCUT2D eigenvalue weighted by Gasteiger charge is 2.14. The first kappa shape index (κ1) is 13.1. The van der Waals surface area contributed by atoms with Crippen molar-refractivity contribution in [3.05, 3.63) is 53.5 Å². The topological polar surface area (TPSA) is 94.0 Å². The molecule has 6 heteroatoms. The van der Waals surface area contributed by atoms with Gasteiger partial charge < -0.3 is 10.8 Å². The van der Waals surface area contributed by atoms with Crippen LogP contribution in [-0.4, -0.2) is 25.8 Å². The van der Waals surface area contributed by atoms with E-state index in [0.717, 1.165) is 22.2 Å². The molecule has 3 aromatic rings. The summed E-state index contributed by atoms with van der Waals surface area (Å²) in [6, 6.07) is 9.80. The zero-order chi connectivity index (χ0) is 15.0. The average Bonchev–Trinajstić information content (AvgIpc) is 2.79. The number of carbonyl (C=O) groups is 1. The lowest BCUT2D eigenvalue weighted by Gasteiger charge is -2.08. The summed E-state index contributed by atoms with van der Waals surface area (Å²) in [7, 11) is 0. The van der Waals surface area contributed by atoms with Gasteiger partial charge in [-0.05, 0) is 24.6 Å². The number of aryl methyl sites for hydroxylation is 1. The molecule has 3 rings (SSSR count). The number of aromatic carboxylic acids is 1. The van der Waals surface area contributed by atoms with E-state index >= 15 is 0 Å². The summed E-state index contributed by atoms with van der Waals surface area (Å²) in [5, 5.41) is 14.0. The summed E-state index contributed by atoms with van der Waals surface area (Å²) >= 11 is 0. The predicted molar refractivity (Wildman–Crippen MR) is 79.2 cm³/mol. The number of fused-ring (bicyclic) bond motifs is 1. The van der Waals surface area contributed by atoms with E-state index in [-0.39, 0.29) is 11.4 Å². The molecule has 6 nitrogen and oxygen atoms in total. The molecule has 0 saturated heterocycles. The maximum absolute atomic E-state index is 11.0. The SMILES string of the molecule is Cc1cc(Cn2cc(N)c(C(=O)O)n2)c2ccccc2n1. The number of rotatable bonds is 3. The summed E-state index contributed by atoms with van der Waals surface area (Å²) < 4.78 is 1.54. The van der Waals surface area contributed by atoms with Crippen LogP contribution in [0.15, 0.2) is 36.5 Å². The maximum atomic E-state index is 11.0. The molecule has 0 spiro atoms. The van der Waals surface area contributed by atoms with Gasteiger partial charge in [0.15, 0.2) is 5.69 Å². The number of nitrogens with zero attached hydrogens (tertiary/aromatic N) is 3. The molecule has 0 unspecified atom stereocenters. The minimum atomic E-state index is -1.12. The standard InChI is InChI=1S/C15H14N4O2/c1-9-6-10(11-4-2-3-5-13(11)17-9)7-19-8-12(16)14(18-19)15(20)21/h2-6,8H,7,16H2,1H3,(H,20,21). The number of pyridine rings is 1. The zero-order valence-electron chi connectivity index (χ0n) is 11.4. The minimum Gasteiger partial charge on any atom is -0.476 e. The van der Waals surface area contributed by atoms with Crippen LogP contribution in [0, 0.1) is 6.92 Å². The number of carboxylic acids is 1. The number of nitrogens with two attached hydrogens (primary N) is 1. The van der Waals surface area contributed by atoms with Crippen molar-refractivity contribution in [1.82, 2.24) is 14.8 Å². The van der Waals surface area contributed by atoms with Gasteiger partial charge in [0.05, 0.1) is 17.7 Å². The second-order valence-electron chi connectivity index (χ2n) is 4.88. The van der Waals surface area contributed by atoms with Crippen LogP contribution in [0.2, 0.25) is 0 Å². The number of aromatic nitrogens is 3. The molecule has 0 saturated carbocycles. The Kier molecular flexibility index (Phi) is 3.06. The van der Waals surface area contributed by atoms with Crippen LogP contribution in [0.5, 0.6) is 0 Å². The number of benzene rings is 1. The van der Waals surface area contributed by atoms with Crippen LogP contribution < -0.4 is 5.73 Å². The largest absolute Gasteiger partial charge is 0.476 e. The van der Waals surface area contributed by atoms with E-state index in [4.69, 9.17) is 10.8 Å². The van der Waals surface area contributed by atoms with E-state index in [0.29, 0.717) is 6.54 Å². The first-order valence-corrected chi connectivity index (χ1v) is 6.46. The van der Waals surface area contributed by atoms with Crippen molar-refractivity contribution in [2.45, 2.75) is 13.5 Å². The van der Waals surface area contributed by atoms with Gasteiger partial charge >= 0.3 is 5.97 Å². The smallest absolute Gasteiger partial charge is 0.358 e. The Labute approximate surface area is 120 Å². The third kappa shape index (κ3) is 2.43. The van der Waals surface area contributed by atoms with Gasteiger partial charge in [-0.3, -0.25) is 9.67 Å². The Morgan fingerprint density at radius 2 is 2.14 bits per heavy atom. The molecule has 0 radical (unpaired) electrons. The molecule has 0 bridgehead atoms. The molecule has 3 N–H and O–H groups in total. The third-order valence-corrected chi connectivity index (χ3v) is 3.25. The van der Waals surface area contributed by atoms with E-state index in [1.807, 2.05) is 37.3 Å². The van der Waals surface area contributed by atoms with E-state index in [1.165, 1.54) is 6.20 Å². The van der Waals surface area contributed by atoms with Gasteiger partial charge in [0.2, 0.25) is 0 Å². The van der Waals surface area contributed by atoms with Gasteiger partial charge in [0, 0.05) is 17.3 Å². The highest BCUT2D eigenvalue weighted by molar-refractivity contribution is 5.91. The molecule has 21 heavy (non-hydrogen) atoms. The highest BCUT2D eigenvalue weighted by atomic mass is 16.4. The van der Waals surface area contributed by atoms with Crippen molar-refractivity contribution in [2.24, 2.45) is 0 Å². The number of para-hydroxylation sites is 1. The lowest BCUT2D eigenvalue weighted by Crippen LogP contribution is -2.05. The van der Waals surface area contributed by atoms with Gasteiger partial charge in [-0.1, -0.05) is 18.2 Å². The first-order valence-electron chi connectivity index (χ1n) is 6.46. The van der Waals surface area contributed by atoms with E-state index in [9.17, 15) is 4.79 Å². The van der Waals surface area contributed by atoms with E-state index < -0.39 is 5.97 Å². The fourth-order valence-corrected chi connectivity index (χ4v) is 2.38. The minimum absolute atomic E-state index is 0.120. The molecule has 2 heterocycles. The second-order valence-corrected chi connectivity index (χ2v) is 4.88. The number of hydrogen-bond acceptors (Lipinski definition) is 4. The van der Waals surface area contributed by atoms with Crippen molar-refractivity contribution in [3.63, 3.8) is 0 Å². The summed E-state index contributed by atoms with van der Waals surface area (Å²) in [6.07, 6.45) is 1.54. The molecule has 0 fully saturated rings. The fraction of sp³-hybridized carbons (Fsp3) is 0.133. The van der Waals surface area contributed by atoms with Crippen molar-refractivity contribution in [1.29, 1.82) is 0 Å². The quantitative estimate of drug-likeness (QED) is 0.767. The molecule has 0 aliphatic heterocycles. The van der Waals surface area contributed by atoms with Gasteiger partial charge in [-0.15, -0.1) is 0 Å². The monoisotopic (exact) mass is 282 g/mol. The van der Waals surface area contributed by atoms with Crippen LogP contribution in [0.1, 0.15) is 21.7 Å². The molecule has 0 aliphatic rings. The summed E-state index contributed by atoms with van der Waals surface area (Å²) in [5.74, 6) is -1.12. The van der Waals surface area contributed by atoms with Crippen molar-refractivity contribution >= 4 is 22.6 Å². The number of hydrogen-bond donors (Lipinski definition) is 2. The summed E-state index contributed by atoms with van der Waals surface area (Å²) in [6.45, 7) is 2.37. The van der Waals surface area contributed by atoms with E-state index in [2.05, 4.69) is 10.1 Å². The second kappa shape index (κ2) is 4.90. The normalized spacial score (nSPS) is 10.9. The van der Waals surface area contributed by atoms with Crippen LogP contribution in [0.3, 0.4) is 0 Å². The Morgan fingerprint density at radius 3 is 2.86 bits per heavy atom. The van der Waals surface area contributed by atoms with Crippen molar-refractivity contribution < 1.29 is 9.90 Å². The fourth-order valence-electron chi connectivity index (χ4n) is 2.38. The van der Waals surface area contributed by atoms with Crippen molar-refractivity contribution in [2.75, 3.05) is 5.73 Å². The number of nitrogen functional groups attached to an aromatic ring is 1. The molecule has 1 aromatic carbocycles. The Balaban J connectivity index is 2.05. The Bertz CT molecular complexity index is 839. The third-order valence-electron chi connectivity index (χ3n) is 3.25. The molecular formula is C15H14N4O2. The zero-order valence-corrected chi connectivity index (χ0v) is 11.4. The number of anilines is 1. The van der Waals surface area contributed by atoms with Gasteiger partial charge in [-0.2, -0.15) is 5.10 Å². The molecule has 0 aliphatic carbocycles. The Morgan fingerprint density at radius 1 is 1.38 bits per heavy atom. The summed E-state index contributed by atoms with van der Waals surface area (Å²) in [4.78, 5) is 15.5. The average molecular weight is 282 g/mol. The summed E-state index contributed by atoms with van der Waals surface area (Å²) in [5.41, 5.74) is 8.54. The van der Waals surface area contributed by atoms with Gasteiger partial charge in [0.25, 0.3) is 0 Å². The van der Waals surface area contributed by atoms with Crippen LogP contribution in [0.4, 0.5) is 5.69 Å². The highest BCUT2D eigenvalue weighted by Crippen LogP contribution is 2.20. The van der Waals surface area contributed by atoms with Crippen LogP contribution in [-0.2, 0) is 6.54 Å². The van der Waals surface area contributed by atoms with E-state index in [1.54, 1.807) is 4.68 Å². The van der Waals surface area contributed by atoms with Gasteiger partial charge in [-0.25, -0.2) is 4.79 Å². The van der Waals surface area contributed by atoms with Crippen LogP contribution in [0.25, 0.3) is 10.9 Å².